The van der Waals surface area contributed by atoms with Crippen LogP contribution in [-0.4, -0.2) is 25.3 Å². The Bertz CT molecular complexity index is 330. The highest BCUT2D eigenvalue weighted by molar-refractivity contribution is 5.02. The van der Waals surface area contributed by atoms with Crippen molar-refractivity contribution in [2.75, 3.05) is 13.2 Å². The highest BCUT2D eigenvalue weighted by Gasteiger charge is 2.63. The van der Waals surface area contributed by atoms with Crippen molar-refractivity contribution in [2.45, 2.75) is 71.9 Å². The Kier molecular flexibility index (Phi) is 3.23. The zero-order valence-corrected chi connectivity index (χ0v) is 12.8. The summed E-state index contributed by atoms with van der Waals surface area (Å²) < 4.78 is 18.6. The summed E-state index contributed by atoms with van der Waals surface area (Å²) in [6, 6.07) is 0. The maximum atomic E-state index is 6.30. The second-order valence-corrected chi connectivity index (χ2v) is 7.68. The molecule has 4 rings (SSSR count). The summed E-state index contributed by atoms with van der Waals surface area (Å²) in [5.41, 5.74) is 0.120. The Labute approximate surface area is 117 Å². The van der Waals surface area contributed by atoms with Gasteiger partial charge in [-0.1, -0.05) is 40.0 Å². The van der Waals surface area contributed by atoms with Crippen molar-refractivity contribution in [3.05, 3.63) is 0 Å². The van der Waals surface area contributed by atoms with Crippen LogP contribution in [0.3, 0.4) is 0 Å². The highest BCUT2D eigenvalue weighted by Crippen LogP contribution is 2.55. The molecule has 4 aliphatic rings. The molecule has 0 aromatic carbocycles. The van der Waals surface area contributed by atoms with E-state index in [4.69, 9.17) is 14.2 Å². The summed E-state index contributed by atoms with van der Waals surface area (Å²) in [6.07, 6.45) is 6.46. The molecule has 1 aliphatic carbocycles. The second-order valence-electron chi connectivity index (χ2n) is 7.68. The third-order valence-corrected chi connectivity index (χ3v) is 5.78. The molecule has 1 saturated carbocycles. The fourth-order valence-electron chi connectivity index (χ4n) is 4.03. The quantitative estimate of drug-likeness (QED) is 0.725. The van der Waals surface area contributed by atoms with Gasteiger partial charge in [-0.3, -0.25) is 0 Å². The van der Waals surface area contributed by atoms with Crippen LogP contribution in [0.15, 0.2) is 0 Å². The first-order chi connectivity index (χ1) is 8.90. The van der Waals surface area contributed by atoms with Crippen LogP contribution in [0.1, 0.15) is 59.8 Å². The number of fused-ring (bicyclic) bond motifs is 3. The van der Waals surface area contributed by atoms with Gasteiger partial charge in [-0.15, -0.1) is 0 Å². The van der Waals surface area contributed by atoms with Crippen LogP contribution in [0.2, 0.25) is 0 Å². The lowest BCUT2D eigenvalue weighted by molar-refractivity contribution is -0.514. The lowest BCUT2D eigenvalue weighted by Gasteiger charge is -2.62. The van der Waals surface area contributed by atoms with Gasteiger partial charge in [-0.2, -0.15) is 0 Å². The molecule has 2 bridgehead atoms. The summed E-state index contributed by atoms with van der Waals surface area (Å²) in [7, 11) is 0. The van der Waals surface area contributed by atoms with Gasteiger partial charge in [-0.05, 0) is 25.2 Å². The molecule has 4 fully saturated rings. The molecule has 0 amide bonds. The third kappa shape index (κ3) is 1.97. The average molecular weight is 268 g/mol. The molecule has 3 heteroatoms. The molecule has 1 unspecified atom stereocenters. The second kappa shape index (κ2) is 4.44. The number of hydrogen-bond acceptors (Lipinski definition) is 3. The zero-order chi connectivity index (χ0) is 13.7. The van der Waals surface area contributed by atoms with Crippen LogP contribution < -0.4 is 0 Å². The van der Waals surface area contributed by atoms with Crippen LogP contribution >= 0.6 is 0 Å². The normalized spacial score (nSPS) is 44.5. The summed E-state index contributed by atoms with van der Waals surface area (Å²) in [5, 5.41) is 0. The smallest absolute Gasteiger partial charge is 0.286 e. The number of rotatable bonds is 1. The molecule has 1 atom stereocenters. The van der Waals surface area contributed by atoms with E-state index in [0.29, 0.717) is 5.92 Å². The predicted octanol–water partition coefficient (Wildman–Crippen LogP) is 3.72. The van der Waals surface area contributed by atoms with E-state index < -0.39 is 5.97 Å². The molecule has 19 heavy (non-hydrogen) atoms. The molecule has 3 heterocycles. The fraction of sp³-hybridized carbons (Fsp3) is 1.00. The van der Waals surface area contributed by atoms with E-state index in [-0.39, 0.29) is 16.9 Å². The van der Waals surface area contributed by atoms with E-state index in [0.717, 1.165) is 13.2 Å². The van der Waals surface area contributed by atoms with E-state index in [2.05, 4.69) is 27.7 Å². The molecule has 3 saturated heterocycles. The first kappa shape index (κ1) is 13.8. The molecule has 0 N–H and O–H groups in total. The molecular weight excluding hydrogens is 240 g/mol. The number of hydrogen-bond donors (Lipinski definition) is 0. The lowest BCUT2D eigenvalue weighted by Crippen LogP contribution is -2.69. The van der Waals surface area contributed by atoms with Crippen LogP contribution in [-0.2, 0) is 14.2 Å². The molecule has 3 aliphatic heterocycles. The van der Waals surface area contributed by atoms with E-state index in [1.807, 2.05) is 0 Å². The minimum atomic E-state index is -0.729. The summed E-state index contributed by atoms with van der Waals surface area (Å²) >= 11 is 0. The molecule has 0 spiro atoms. The average Bonchev–Trinajstić information content (AvgIpc) is 2.39. The predicted molar refractivity (Wildman–Crippen MR) is 73.6 cm³/mol. The molecule has 110 valence electrons. The Morgan fingerprint density at radius 1 is 0.947 bits per heavy atom. The maximum absolute atomic E-state index is 6.30. The van der Waals surface area contributed by atoms with Crippen molar-refractivity contribution in [1.82, 2.24) is 0 Å². The van der Waals surface area contributed by atoms with Gasteiger partial charge in [0, 0.05) is 11.3 Å². The summed E-state index contributed by atoms with van der Waals surface area (Å²) in [4.78, 5) is 0. The Balaban J connectivity index is 1.81. The molecule has 0 radical (unpaired) electrons. The largest absolute Gasteiger partial charge is 0.326 e. The van der Waals surface area contributed by atoms with Gasteiger partial charge < -0.3 is 14.2 Å². The molecule has 3 nitrogen and oxygen atoms in total. The van der Waals surface area contributed by atoms with Crippen LogP contribution in [0.4, 0.5) is 0 Å². The molecule has 0 aromatic rings. The van der Waals surface area contributed by atoms with Gasteiger partial charge >= 0.3 is 0 Å². The van der Waals surface area contributed by atoms with Gasteiger partial charge in [0.15, 0.2) is 0 Å². The lowest BCUT2D eigenvalue weighted by atomic mass is 9.63. The SMILES string of the molecule is CC1OC2(C3CCCCC3)OCC1(C(C)(C)C)CO2. The molecule has 0 aromatic heterocycles. The Morgan fingerprint density at radius 3 is 2.00 bits per heavy atom. The van der Waals surface area contributed by atoms with Gasteiger partial charge in [0.2, 0.25) is 0 Å². The van der Waals surface area contributed by atoms with Gasteiger partial charge in [0.25, 0.3) is 5.97 Å². The van der Waals surface area contributed by atoms with E-state index >= 15 is 0 Å². The van der Waals surface area contributed by atoms with Crippen LogP contribution in [0.5, 0.6) is 0 Å². The standard InChI is InChI=1S/C16H28O3/c1-12-15(14(2,3)4)10-17-16(19-12,18-11-15)13-8-6-5-7-9-13/h12-13H,5-11H2,1-4H3. The van der Waals surface area contributed by atoms with Gasteiger partial charge in [0.1, 0.15) is 0 Å². The van der Waals surface area contributed by atoms with E-state index in [1.165, 1.54) is 32.1 Å². The first-order valence-corrected chi connectivity index (χ1v) is 7.85. The maximum Gasteiger partial charge on any atom is 0.286 e. The van der Waals surface area contributed by atoms with Gasteiger partial charge in [0.05, 0.1) is 19.3 Å². The highest BCUT2D eigenvalue weighted by atomic mass is 16.9. The van der Waals surface area contributed by atoms with Crippen molar-refractivity contribution in [1.29, 1.82) is 0 Å². The Hall–Kier alpha value is -0.120. The number of ether oxygens (including phenoxy) is 3. The molecular formula is C16H28O3. The zero-order valence-electron chi connectivity index (χ0n) is 12.8. The minimum absolute atomic E-state index is 0.0105. The van der Waals surface area contributed by atoms with E-state index in [1.54, 1.807) is 0 Å². The van der Waals surface area contributed by atoms with Crippen molar-refractivity contribution >= 4 is 0 Å². The monoisotopic (exact) mass is 268 g/mol. The summed E-state index contributed by atoms with van der Waals surface area (Å²) in [6.45, 7) is 10.5. The van der Waals surface area contributed by atoms with Crippen molar-refractivity contribution in [2.24, 2.45) is 16.7 Å². The van der Waals surface area contributed by atoms with Crippen molar-refractivity contribution < 1.29 is 14.2 Å². The fourth-order valence-corrected chi connectivity index (χ4v) is 4.03. The van der Waals surface area contributed by atoms with Crippen molar-refractivity contribution in [3.8, 4) is 0 Å². The minimum Gasteiger partial charge on any atom is -0.326 e. The third-order valence-electron chi connectivity index (χ3n) is 5.78. The first-order valence-electron chi connectivity index (χ1n) is 7.85. The Morgan fingerprint density at radius 2 is 1.53 bits per heavy atom. The topological polar surface area (TPSA) is 27.7 Å². The summed E-state index contributed by atoms with van der Waals surface area (Å²) in [5.74, 6) is -0.311. The van der Waals surface area contributed by atoms with Gasteiger partial charge in [-0.25, -0.2) is 0 Å². The van der Waals surface area contributed by atoms with Crippen LogP contribution in [0.25, 0.3) is 0 Å². The van der Waals surface area contributed by atoms with E-state index in [9.17, 15) is 0 Å². The van der Waals surface area contributed by atoms with Crippen molar-refractivity contribution in [3.63, 3.8) is 0 Å². The van der Waals surface area contributed by atoms with Crippen LogP contribution in [0, 0.1) is 16.7 Å².